The summed E-state index contributed by atoms with van der Waals surface area (Å²) in [5.74, 6) is -2.64. The first kappa shape index (κ1) is 20.4. The van der Waals surface area contributed by atoms with Crippen LogP contribution in [0.3, 0.4) is 0 Å². The molecule has 1 aromatic heterocycles. The van der Waals surface area contributed by atoms with Gasteiger partial charge in [0.05, 0.1) is 29.8 Å². The minimum absolute atomic E-state index is 0.104. The van der Waals surface area contributed by atoms with Gasteiger partial charge in [-0.2, -0.15) is 0 Å². The number of rotatable bonds is 4. The maximum Gasteiger partial charge on any atom is 0.240 e. The van der Waals surface area contributed by atoms with Gasteiger partial charge in [0.1, 0.15) is 6.04 Å². The maximum atomic E-state index is 13.8. The molecule has 0 radical (unpaired) electrons. The van der Waals surface area contributed by atoms with E-state index < -0.39 is 29.8 Å². The molecule has 2 fully saturated rings. The number of hydrogen-bond acceptors (Lipinski definition) is 6. The van der Waals surface area contributed by atoms with Crippen molar-refractivity contribution in [2.75, 3.05) is 4.90 Å². The van der Waals surface area contributed by atoms with Gasteiger partial charge in [0.2, 0.25) is 17.6 Å². The Morgan fingerprint density at radius 3 is 2.32 bits per heavy atom. The Morgan fingerprint density at radius 2 is 1.62 bits per heavy atom. The summed E-state index contributed by atoms with van der Waals surface area (Å²) in [6.07, 6.45) is 5.13. The Morgan fingerprint density at radius 1 is 0.882 bits per heavy atom. The van der Waals surface area contributed by atoms with Crippen molar-refractivity contribution < 1.29 is 23.6 Å². The summed E-state index contributed by atoms with van der Waals surface area (Å²) in [6, 6.07) is 16.0. The third kappa shape index (κ3) is 2.76. The van der Waals surface area contributed by atoms with Gasteiger partial charge >= 0.3 is 0 Å². The van der Waals surface area contributed by atoms with Crippen molar-refractivity contribution in [2.24, 2.45) is 11.8 Å². The fourth-order valence-corrected chi connectivity index (χ4v) is 5.52. The first-order chi connectivity index (χ1) is 16.5. The van der Waals surface area contributed by atoms with Crippen LogP contribution in [0.25, 0.3) is 6.08 Å². The summed E-state index contributed by atoms with van der Waals surface area (Å²) in [5.41, 5.74) is 2.75. The van der Waals surface area contributed by atoms with E-state index in [0.717, 1.165) is 11.1 Å². The Hall–Kier alpha value is -4.26. The van der Waals surface area contributed by atoms with Crippen LogP contribution in [0.15, 0.2) is 77.5 Å². The molecule has 168 valence electrons. The van der Waals surface area contributed by atoms with E-state index in [-0.39, 0.29) is 23.2 Å². The zero-order chi connectivity index (χ0) is 23.6. The summed E-state index contributed by atoms with van der Waals surface area (Å²) in [6.45, 7) is 1.46. The fourth-order valence-electron chi connectivity index (χ4n) is 5.52. The summed E-state index contributed by atoms with van der Waals surface area (Å²) in [4.78, 5) is 55.8. The second kappa shape index (κ2) is 7.38. The summed E-state index contributed by atoms with van der Waals surface area (Å²) in [5, 5.41) is 0. The van der Waals surface area contributed by atoms with Crippen LogP contribution in [-0.4, -0.2) is 34.3 Å². The smallest absolute Gasteiger partial charge is 0.240 e. The maximum absolute atomic E-state index is 13.8. The molecule has 0 aliphatic carbocycles. The first-order valence-electron chi connectivity index (χ1n) is 11.1. The molecule has 0 spiro atoms. The average molecular weight is 452 g/mol. The van der Waals surface area contributed by atoms with E-state index in [1.807, 2.05) is 41.4 Å². The number of carbonyl (C=O) groups excluding carboxylic acids is 4. The van der Waals surface area contributed by atoms with E-state index in [2.05, 4.69) is 0 Å². The minimum Gasteiger partial charge on any atom is -0.461 e. The Labute approximate surface area is 195 Å². The third-order valence-electron chi connectivity index (χ3n) is 7.03. The zero-order valence-corrected chi connectivity index (χ0v) is 18.3. The van der Waals surface area contributed by atoms with E-state index in [9.17, 15) is 19.2 Å². The van der Waals surface area contributed by atoms with Gasteiger partial charge in [0, 0.05) is 11.8 Å². The number of fused-ring (bicyclic) bond motifs is 5. The molecule has 4 heterocycles. The number of imide groups is 1. The molecule has 34 heavy (non-hydrogen) atoms. The van der Waals surface area contributed by atoms with Gasteiger partial charge in [-0.15, -0.1) is 0 Å². The molecule has 2 amide bonds. The number of ketones is 2. The SMILES string of the molecule is CC(=O)c1ccc(N2C(=O)[C@@H]3[C@H](C2=O)C2c4ccccc4C=CN2[C@@H]3C(=O)c2ccco2)cc1. The molecule has 1 unspecified atom stereocenters. The molecule has 2 saturated heterocycles. The van der Waals surface area contributed by atoms with Gasteiger partial charge in [0.25, 0.3) is 0 Å². The average Bonchev–Trinajstić information content (AvgIpc) is 3.55. The largest absolute Gasteiger partial charge is 0.461 e. The van der Waals surface area contributed by atoms with Crippen LogP contribution in [0.1, 0.15) is 45.0 Å². The van der Waals surface area contributed by atoms with Crippen molar-refractivity contribution in [1.29, 1.82) is 0 Å². The van der Waals surface area contributed by atoms with Crippen LogP contribution in [0, 0.1) is 11.8 Å². The fraction of sp³-hybridized carbons (Fsp3) is 0.185. The van der Waals surface area contributed by atoms with Gasteiger partial charge in [-0.05, 0) is 60.5 Å². The second-order valence-electron chi connectivity index (χ2n) is 8.79. The van der Waals surface area contributed by atoms with Crippen molar-refractivity contribution in [1.82, 2.24) is 4.90 Å². The van der Waals surface area contributed by atoms with Crippen molar-refractivity contribution in [3.63, 3.8) is 0 Å². The molecule has 2 aromatic carbocycles. The molecule has 0 saturated carbocycles. The summed E-state index contributed by atoms with van der Waals surface area (Å²) >= 11 is 0. The Balaban J connectivity index is 1.47. The predicted octanol–water partition coefficient (Wildman–Crippen LogP) is 3.88. The molecule has 0 N–H and O–H groups in total. The van der Waals surface area contributed by atoms with Gasteiger partial charge in [-0.1, -0.05) is 24.3 Å². The van der Waals surface area contributed by atoms with Crippen LogP contribution in [-0.2, 0) is 9.59 Å². The molecule has 3 aromatic rings. The highest BCUT2D eigenvalue weighted by molar-refractivity contribution is 6.24. The van der Waals surface area contributed by atoms with Crippen LogP contribution >= 0.6 is 0 Å². The minimum atomic E-state index is -0.872. The number of hydrogen-bond donors (Lipinski definition) is 0. The lowest BCUT2D eigenvalue weighted by molar-refractivity contribution is -0.123. The van der Waals surface area contributed by atoms with E-state index in [1.165, 1.54) is 18.1 Å². The highest BCUT2D eigenvalue weighted by Crippen LogP contribution is 2.53. The number of amides is 2. The molecule has 7 heteroatoms. The summed E-state index contributed by atoms with van der Waals surface area (Å²) in [7, 11) is 0. The normalized spacial score (nSPS) is 24.7. The predicted molar refractivity (Wildman–Crippen MR) is 123 cm³/mol. The third-order valence-corrected chi connectivity index (χ3v) is 7.03. The monoisotopic (exact) mass is 452 g/mol. The topological polar surface area (TPSA) is 87.9 Å². The van der Waals surface area contributed by atoms with E-state index in [0.29, 0.717) is 11.3 Å². The van der Waals surface area contributed by atoms with Crippen molar-refractivity contribution in [2.45, 2.75) is 19.0 Å². The lowest BCUT2D eigenvalue weighted by Gasteiger charge is -2.35. The van der Waals surface area contributed by atoms with Crippen molar-refractivity contribution in [3.05, 3.63) is 95.6 Å². The van der Waals surface area contributed by atoms with Crippen LogP contribution in [0.2, 0.25) is 0 Å². The lowest BCUT2D eigenvalue weighted by atomic mass is 9.84. The molecule has 4 atom stereocenters. The van der Waals surface area contributed by atoms with Crippen LogP contribution < -0.4 is 4.90 Å². The van der Waals surface area contributed by atoms with Crippen LogP contribution in [0.5, 0.6) is 0 Å². The molecule has 3 aliphatic rings. The van der Waals surface area contributed by atoms with E-state index in [1.54, 1.807) is 36.4 Å². The number of Topliss-reactive ketones (excluding diaryl/α,β-unsaturated/α-hetero) is 2. The number of furan rings is 1. The second-order valence-corrected chi connectivity index (χ2v) is 8.79. The number of carbonyl (C=O) groups is 4. The van der Waals surface area contributed by atoms with Gasteiger partial charge < -0.3 is 9.32 Å². The Bertz CT molecular complexity index is 1370. The highest BCUT2D eigenvalue weighted by atomic mass is 16.3. The number of benzene rings is 2. The molecular formula is C27H20N2O5. The van der Waals surface area contributed by atoms with Gasteiger partial charge in [0.15, 0.2) is 11.5 Å². The lowest BCUT2D eigenvalue weighted by Crippen LogP contribution is -2.44. The molecule has 0 bridgehead atoms. The zero-order valence-electron chi connectivity index (χ0n) is 18.3. The van der Waals surface area contributed by atoms with Gasteiger partial charge in [-0.25, -0.2) is 4.90 Å². The quantitative estimate of drug-likeness (QED) is 0.441. The standard InChI is InChI=1S/C27H20N2O5/c1-15(30)16-8-10-18(11-9-16)29-26(32)21-22(27(29)33)24(25(31)20-7-4-14-34-20)28-13-12-17-5-2-3-6-19(17)23(21)28/h2-14,21-24H,1H3/t21-,22+,23?,24-/m0/s1. The number of anilines is 1. The van der Waals surface area contributed by atoms with E-state index >= 15 is 0 Å². The first-order valence-corrected chi connectivity index (χ1v) is 11.1. The molecular weight excluding hydrogens is 432 g/mol. The summed E-state index contributed by atoms with van der Waals surface area (Å²) < 4.78 is 5.37. The Kier molecular flexibility index (Phi) is 4.42. The molecule has 7 nitrogen and oxygen atoms in total. The molecule has 6 rings (SSSR count). The number of nitrogens with zero attached hydrogens (tertiary/aromatic N) is 2. The van der Waals surface area contributed by atoms with E-state index in [4.69, 9.17) is 4.42 Å². The highest BCUT2D eigenvalue weighted by Gasteiger charge is 2.64. The van der Waals surface area contributed by atoms with Gasteiger partial charge in [-0.3, -0.25) is 19.2 Å². The van der Waals surface area contributed by atoms with Crippen molar-refractivity contribution in [3.8, 4) is 0 Å². The molecule has 3 aliphatic heterocycles. The van der Waals surface area contributed by atoms with Crippen molar-refractivity contribution >= 4 is 35.1 Å². The van der Waals surface area contributed by atoms with Crippen LogP contribution in [0.4, 0.5) is 5.69 Å².